The largest absolute Gasteiger partial charge is 0.497 e. The molecule has 0 spiro atoms. The van der Waals surface area contributed by atoms with Gasteiger partial charge in [-0.25, -0.2) is 4.98 Å². The van der Waals surface area contributed by atoms with Crippen molar-refractivity contribution < 1.29 is 18.7 Å². The minimum atomic E-state index is -0.124. The van der Waals surface area contributed by atoms with E-state index in [1.165, 1.54) is 0 Å². The lowest BCUT2D eigenvalue weighted by molar-refractivity contribution is 0.0732. The number of benzene rings is 2. The molecular weight excluding hydrogens is 462 g/mol. The summed E-state index contributed by atoms with van der Waals surface area (Å²) in [5.74, 6) is 1.73. The van der Waals surface area contributed by atoms with Crippen LogP contribution in [0.4, 0.5) is 0 Å². The van der Waals surface area contributed by atoms with Crippen LogP contribution in [0, 0.1) is 0 Å². The third-order valence-corrected chi connectivity index (χ3v) is 6.69. The van der Waals surface area contributed by atoms with Gasteiger partial charge >= 0.3 is 0 Å². The molecule has 35 heavy (non-hydrogen) atoms. The van der Waals surface area contributed by atoms with Gasteiger partial charge in [0.25, 0.3) is 5.91 Å². The number of ether oxygens (including phenoxy) is 2. The zero-order valence-electron chi connectivity index (χ0n) is 19.5. The van der Waals surface area contributed by atoms with E-state index in [1.807, 2.05) is 30.3 Å². The van der Waals surface area contributed by atoms with Crippen molar-refractivity contribution >= 4 is 22.2 Å². The summed E-state index contributed by atoms with van der Waals surface area (Å²) in [4.78, 5) is 21.1. The molecule has 0 bridgehead atoms. The first-order valence-corrected chi connectivity index (χ1v) is 12.1. The van der Waals surface area contributed by atoms with Gasteiger partial charge in [-0.3, -0.25) is 9.20 Å². The highest BCUT2D eigenvalue weighted by Crippen LogP contribution is 2.26. The van der Waals surface area contributed by atoms with Crippen LogP contribution in [-0.4, -0.2) is 41.0 Å². The Morgan fingerprint density at radius 1 is 1.06 bits per heavy atom. The van der Waals surface area contributed by atoms with Crippen LogP contribution < -0.4 is 9.47 Å². The number of fused-ring (bicyclic) bond motifs is 1. The van der Waals surface area contributed by atoms with Crippen molar-refractivity contribution in [2.45, 2.75) is 13.0 Å². The van der Waals surface area contributed by atoms with Gasteiger partial charge in [0.15, 0.2) is 4.96 Å². The lowest BCUT2D eigenvalue weighted by Crippen LogP contribution is -2.32. The van der Waals surface area contributed by atoms with E-state index in [2.05, 4.69) is 28.1 Å². The van der Waals surface area contributed by atoms with Crippen molar-refractivity contribution in [3.8, 4) is 22.8 Å². The summed E-state index contributed by atoms with van der Waals surface area (Å²) in [6.07, 6.45) is 4.34. The lowest BCUT2D eigenvalue weighted by Gasteiger charge is -2.22. The summed E-state index contributed by atoms with van der Waals surface area (Å²) in [5.41, 5.74) is 3.61. The Labute approximate surface area is 207 Å². The van der Waals surface area contributed by atoms with Crippen LogP contribution >= 0.6 is 11.3 Å². The predicted molar refractivity (Wildman–Crippen MR) is 135 cm³/mol. The van der Waals surface area contributed by atoms with Crippen LogP contribution in [0.25, 0.3) is 16.2 Å². The summed E-state index contributed by atoms with van der Waals surface area (Å²) in [6, 6.07) is 19.0. The van der Waals surface area contributed by atoms with Gasteiger partial charge in [-0.1, -0.05) is 30.3 Å². The van der Waals surface area contributed by atoms with Crippen molar-refractivity contribution in [2.75, 3.05) is 20.8 Å². The van der Waals surface area contributed by atoms with Crippen molar-refractivity contribution in [2.24, 2.45) is 0 Å². The van der Waals surface area contributed by atoms with E-state index in [0.29, 0.717) is 36.6 Å². The Hall–Kier alpha value is -4.04. The highest BCUT2D eigenvalue weighted by molar-refractivity contribution is 7.15. The second-order valence-corrected chi connectivity index (χ2v) is 8.87. The number of hydrogen-bond donors (Lipinski definition) is 0. The monoisotopic (exact) mass is 487 g/mol. The normalized spacial score (nSPS) is 11.0. The summed E-state index contributed by atoms with van der Waals surface area (Å²) < 4.78 is 18.4. The summed E-state index contributed by atoms with van der Waals surface area (Å²) in [6.45, 7) is 0.863. The van der Waals surface area contributed by atoms with E-state index in [9.17, 15) is 4.79 Å². The number of amides is 1. The fourth-order valence-corrected chi connectivity index (χ4v) is 4.87. The van der Waals surface area contributed by atoms with Crippen LogP contribution in [0.15, 0.2) is 82.9 Å². The maximum absolute atomic E-state index is 13.6. The SMILES string of the molecule is COc1cc(OC)cc(C(=O)N(CCc2csc3nc(-c4ccccc4)cn23)Cc2ccco2)c1. The van der Waals surface area contributed by atoms with Gasteiger partial charge in [0.05, 0.1) is 32.7 Å². The first-order chi connectivity index (χ1) is 17.1. The van der Waals surface area contributed by atoms with Crippen molar-refractivity contribution in [1.82, 2.24) is 14.3 Å². The molecule has 0 saturated carbocycles. The average molecular weight is 488 g/mol. The fourth-order valence-electron chi connectivity index (χ4n) is 3.96. The van der Waals surface area contributed by atoms with Crippen LogP contribution in [0.2, 0.25) is 0 Å². The summed E-state index contributed by atoms with van der Waals surface area (Å²) >= 11 is 1.60. The molecule has 178 valence electrons. The van der Waals surface area contributed by atoms with Gasteiger partial charge in [0.2, 0.25) is 0 Å². The molecule has 0 radical (unpaired) electrons. The average Bonchev–Trinajstić information content (AvgIpc) is 3.65. The molecule has 0 aliphatic rings. The fraction of sp³-hybridized carbons (Fsp3) is 0.185. The molecule has 3 heterocycles. The lowest BCUT2D eigenvalue weighted by atomic mass is 10.1. The highest BCUT2D eigenvalue weighted by Gasteiger charge is 2.20. The summed E-state index contributed by atoms with van der Waals surface area (Å²) in [7, 11) is 3.14. The first kappa shape index (κ1) is 22.7. The molecule has 0 aliphatic heterocycles. The third-order valence-electron chi connectivity index (χ3n) is 5.80. The maximum atomic E-state index is 13.6. The Morgan fingerprint density at radius 2 is 1.83 bits per heavy atom. The van der Waals surface area contributed by atoms with Gasteiger partial charge in [0, 0.05) is 47.4 Å². The Bertz CT molecular complexity index is 1400. The van der Waals surface area contributed by atoms with Crippen LogP contribution in [-0.2, 0) is 13.0 Å². The minimum Gasteiger partial charge on any atom is -0.497 e. The zero-order chi connectivity index (χ0) is 24.2. The molecule has 0 saturated heterocycles. The van der Waals surface area contributed by atoms with Gasteiger partial charge in [0.1, 0.15) is 17.3 Å². The van der Waals surface area contributed by atoms with Crippen LogP contribution in [0.1, 0.15) is 21.8 Å². The number of rotatable bonds is 9. The molecule has 1 amide bonds. The van der Waals surface area contributed by atoms with Crippen molar-refractivity contribution in [3.05, 3.63) is 95.5 Å². The molecule has 0 aliphatic carbocycles. The van der Waals surface area contributed by atoms with Gasteiger partial charge in [-0.15, -0.1) is 11.3 Å². The molecule has 0 N–H and O–H groups in total. The van der Waals surface area contributed by atoms with E-state index in [4.69, 9.17) is 18.9 Å². The maximum Gasteiger partial charge on any atom is 0.254 e. The third kappa shape index (κ3) is 4.93. The van der Waals surface area contributed by atoms with Crippen LogP contribution in [0.5, 0.6) is 11.5 Å². The number of thiazole rings is 1. The van der Waals surface area contributed by atoms with E-state index >= 15 is 0 Å². The van der Waals surface area contributed by atoms with E-state index < -0.39 is 0 Å². The zero-order valence-corrected chi connectivity index (χ0v) is 20.3. The number of carbonyl (C=O) groups is 1. The number of hydrogen-bond acceptors (Lipinski definition) is 6. The van der Waals surface area contributed by atoms with Crippen molar-refractivity contribution in [3.63, 3.8) is 0 Å². The highest BCUT2D eigenvalue weighted by atomic mass is 32.1. The van der Waals surface area contributed by atoms with Gasteiger partial charge in [-0.2, -0.15) is 0 Å². The van der Waals surface area contributed by atoms with Crippen LogP contribution in [0.3, 0.4) is 0 Å². The molecule has 7 nitrogen and oxygen atoms in total. The molecule has 8 heteroatoms. The predicted octanol–water partition coefficient (Wildman–Crippen LogP) is 5.56. The molecule has 3 aromatic heterocycles. The van der Waals surface area contributed by atoms with E-state index in [1.54, 1.807) is 54.9 Å². The molecule has 5 aromatic rings. The summed E-state index contributed by atoms with van der Waals surface area (Å²) in [5, 5.41) is 2.10. The van der Waals surface area contributed by atoms with E-state index in [-0.39, 0.29) is 5.91 Å². The molecule has 0 unspecified atom stereocenters. The number of nitrogens with zero attached hydrogens (tertiary/aromatic N) is 3. The molecule has 2 aromatic carbocycles. The van der Waals surface area contributed by atoms with Gasteiger partial charge < -0.3 is 18.8 Å². The van der Waals surface area contributed by atoms with Crippen molar-refractivity contribution in [1.29, 1.82) is 0 Å². The smallest absolute Gasteiger partial charge is 0.254 e. The topological polar surface area (TPSA) is 69.2 Å². The number of imidazole rings is 1. The second kappa shape index (κ2) is 10.1. The second-order valence-electron chi connectivity index (χ2n) is 8.03. The number of furan rings is 1. The Balaban J connectivity index is 1.40. The molecular formula is C27H25N3O4S. The number of aromatic nitrogens is 2. The Kier molecular flexibility index (Phi) is 6.54. The molecule has 0 fully saturated rings. The minimum absolute atomic E-state index is 0.124. The standard InChI is InChI=1S/C27H25N3O4S/c1-32-23-13-20(14-24(15-23)33-2)26(31)29(16-22-9-6-12-34-22)11-10-21-18-35-27-28-25(17-30(21)27)19-7-4-3-5-8-19/h3-9,12-15,17-18H,10-11,16H2,1-2H3. The molecule has 0 atom stereocenters. The quantitative estimate of drug-likeness (QED) is 0.272. The first-order valence-electron chi connectivity index (χ1n) is 11.2. The number of methoxy groups -OCH3 is 2. The van der Waals surface area contributed by atoms with Gasteiger partial charge in [-0.05, 0) is 24.3 Å². The van der Waals surface area contributed by atoms with E-state index in [0.717, 1.165) is 27.7 Å². The number of carbonyl (C=O) groups excluding carboxylic acids is 1. The molecule has 5 rings (SSSR count). The Morgan fingerprint density at radius 3 is 2.51 bits per heavy atom.